The van der Waals surface area contributed by atoms with Crippen LogP contribution in [0.15, 0.2) is 36.7 Å². The Morgan fingerprint density at radius 3 is 2.69 bits per heavy atom. The number of ketones is 1. The smallest absolute Gasteiger partial charge is 0.339 e. The van der Waals surface area contributed by atoms with Crippen LogP contribution in [0.4, 0.5) is 0 Å². The summed E-state index contributed by atoms with van der Waals surface area (Å²) in [6.07, 6.45) is 10.9. The van der Waals surface area contributed by atoms with Gasteiger partial charge in [-0.05, 0) is 68.6 Å². The number of nitrogens with zero attached hydrogens (tertiary/aromatic N) is 4. The molecule has 2 atom stereocenters. The molecule has 0 radical (unpaired) electrons. The van der Waals surface area contributed by atoms with Crippen molar-refractivity contribution in [3.8, 4) is 5.69 Å². The van der Waals surface area contributed by atoms with E-state index in [1.54, 1.807) is 6.20 Å². The van der Waals surface area contributed by atoms with E-state index in [-0.39, 0.29) is 11.7 Å². The molecule has 3 aliphatic rings. The molecule has 7 nitrogen and oxygen atoms in total. The number of carboxylic acid groups (broad SMARTS) is 1. The highest BCUT2D eigenvalue weighted by Crippen LogP contribution is 2.44. The maximum absolute atomic E-state index is 12.2. The second-order valence-corrected chi connectivity index (χ2v) is 9.42. The highest BCUT2D eigenvalue weighted by molar-refractivity contribution is 5.97. The summed E-state index contributed by atoms with van der Waals surface area (Å²) in [5.41, 5.74) is 5.27. The first-order chi connectivity index (χ1) is 15.6. The fourth-order valence-electron chi connectivity index (χ4n) is 5.61. The second kappa shape index (κ2) is 7.43. The average molecular weight is 431 g/mol. The standard InChI is InChI=1S/C25H26N4O3/c30-23-6-2-5-22-20(23)13-26-28(22)19-10-9-17(12-19)16-3-1-4-18(11-16)29-24(15-7-8-15)21(14-27-29)25(31)32/h1,3-4,11,13-15,17,19H,2,5-10,12H2,(H,31,32). The van der Waals surface area contributed by atoms with E-state index in [4.69, 9.17) is 0 Å². The van der Waals surface area contributed by atoms with Crippen LogP contribution in [-0.4, -0.2) is 36.4 Å². The van der Waals surface area contributed by atoms with Gasteiger partial charge in [-0.1, -0.05) is 12.1 Å². The summed E-state index contributed by atoms with van der Waals surface area (Å²) in [5.74, 6) is 0.0231. The van der Waals surface area contributed by atoms with Gasteiger partial charge in [-0.15, -0.1) is 0 Å². The van der Waals surface area contributed by atoms with E-state index in [9.17, 15) is 14.7 Å². The van der Waals surface area contributed by atoms with E-state index in [1.165, 1.54) is 11.8 Å². The summed E-state index contributed by atoms with van der Waals surface area (Å²) in [7, 11) is 0. The lowest BCUT2D eigenvalue weighted by Gasteiger charge is -2.18. The minimum atomic E-state index is -0.908. The largest absolute Gasteiger partial charge is 0.478 e. The molecule has 2 aromatic heterocycles. The lowest BCUT2D eigenvalue weighted by atomic mass is 9.95. The van der Waals surface area contributed by atoms with Gasteiger partial charge < -0.3 is 5.11 Å². The van der Waals surface area contributed by atoms with E-state index in [1.807, 2.05) is 16.8 Å². The fraction of sp³-hybridized carbons (Fsp3) is 0.440. The number of benzene rings is 1. The van der Waals surface area contributed by atoms with Crippen molar-refractivity contribution in [1.82, 2.24) is 19.6 Å². The topological polar surface area (TPSA) is 90.0 Å². The van der Waals surface area contributed by atoms with Crippen molar-refractivity contribution in [2.75, 3.05) is 0 Å². The van der Waals surface area contributed by atoms with Crippen LogP contribution in [0, 0.1) is 0 Å². The molecule has 6 rings (SSSR count). The number of carbonyl (C=O) groups excluding carboxylic acids is 1. The first-order valence-corrected chi connectivity index (χ1v) is 11.6. The molecule has 2 heterocycles. The van der Waals surface area contributed by atoms with Crippen LogP contribution in [0.5, 0.6) is 0 Å². The summed E-state index contributed by atoms with van der Waals surface area (Å²) >= 11 is 0. The highest BCUT2D eigenvalue weighted by atomic mass is 16.4. The molecular formula is C25H26N4O3. The Bertz CT molecular complexity index is 1220. The Hall–Kier alpha value is -3.22. The summed E-state index contributed by atoms with van der Waals surface area (Å²) in [6, 6.07) is 8.71. The molecule has 0 amide bonds. The molecular weight excluding hydrogens is 404 g/mol. The van der Waals surface area contributed by atoms with Crippen molar-refractivity contribution in [1.29, 1.82) is 0 Å². The van der Waals surface area contributed by atoms with Gasteiger partial charge in [-0.25, -0.2) is 9.48 Å². The second-order valence-electron chi connectivity index (χ2n) is 9.42. The van der Waals surface area contributed by atoms with E-state index in [2.05, 4.69) is 27.0 Å². The van der Waals surface area contributed by atoms with E-state index >= 15 is 0 Å². The van der Waals surface area contributed by atoms with Gasteiger partial charge in [0.05, 0.1) is 35.4 Å². The van der Waals surface area contributed by atoms with Crippen LogP contribution >= 0.6 is 0 Å². The number of Topliss-reactive ketones (excluding diaryl/α,β-unsaturated/α-hetero) is 1. The third-order valence-corrected chi connectivity index (χ3v) is 7.35. The van der Waals surface area contributed by atoms with Crippen molar-refractivity contribution >= 4 is 11.8 Å². The predicted octanol–water partition coefficient (Wildman–Crippen LogP) is 4.67. The van der Waals surface area contributed by atoms with Gasteiger partial charge in [0.2, 0.25) is 0 Å². The molecule has 3 aliphatic carbocycles. The SMILES string of the molecule is O=C(O)c1cnn(-c2cccc(C3CCC(n4ncc5c4CCCC5=O)C3)c2)c1C1CC1. The third kappa shape index (κ3) is 3.18. The van der Waals surface area contributed by atoms with Gasteiger partial charge in [-0.2, -0.15) is 10.2 Å². The molecule has 3 aromatic rings. The highest BCUT2D eigenvalue weighted by Gasteiger charge is 2.34. The van der Waals surface area contributed by atoms with Gasteiger partial charge in [-0.3, -0.25) is 9.48 Å². The Balaban J connectivity index is 1.27. The minimum absolute atomic E-state index is 0.228. The molecule has 2 unspecified atom stereocenters. The van der Waals surface area contributed by atoms with E-state index in [0.717, 1.165) is 67.6 Å². The molecule has 0 saturated heterocycles. The van der Waals surface area contributed by atoms with Crippen molar-refractivity contribution < 1.29 is 14.7 Å². The summed E-state index contributed by atoms with van der Waals surface area (Å²) in [5, 5.41) is 18.6. The van der Waals surface area contributed by atoms with E-state index in [0.29, 0.717) is 23.9 Å². The number of hydrogen-bond acceptors (Lipinski definition) is 4. The first-order valence-electron chi connectivity index (χ1n) is 11.6. The van der Waals surface area contributed by atoms with Gasteiger partial charge in [0, 0.05) is 18.0 Å². The number of carbonyl (C=O) groups is 2. The zero-order valence-electron chi connectivity index (χ0n) is 17.9. The van der Waals surface area contributed by atoms with Crippen LogP contribution in [0.25, 0.3) is 5.69 Å². The molecule has 2 fully saturated rings. The Morgan fingerprint density at radius 2 is 1.88 bits per heavy atom. The summed E-state index contributed by atoms with van der Waals surface area (Å²) in [6.45, 7) is 0. The van der Waals surface area contributed by atoms with Crippen LogP contribution < -0.4 is 0 Å². The number of aromatic nitrogens is 4. The van der Waals surface area contributed by atoms with Gasteiger partial charge in [0.1, 0.15) is 5.56 Å². The number of carboxylic acids is 1. The molecule has 32 heavy (non-hydrogen) atoms. The minimum Gasteiger partial charge on any atom is -0.478 e. The lowest BCUT2D eigenvalue weighted by Crippen LogP contribution is -2.16. The van der Waals surface area contributed by atoms with Crippen LogP contribution in [0.1, 0.15) is 100 Å². The van der Waals surface area contributed by atoms with Crippen molar-refractivity contribution in [2.45, 2.75) is 69.2 Å². The molecule has 164 valence electrons. The molecule has 0 spiro atoms. The van der Waals surface area contributed by atoms with Crippen molar-refractivity contribution in [2.24, 2.45) is 0 Å². The van der Waals surface area contributed by atoms with Crippen LogP contribution in [-0.2, 0) is 6.42 Å². The zero-order valence-corrected chi connectivity index (χ0v) is 17.9. The van der Waals surface area contributed by atoms with Gasteiger partial charge in [0.15, 0.2) is 5.78 Å². The predicted molar refractivity (Wildman–Crippen MR) is 118 cm³/mol. The summed E-state index contributed by atoms with van der Waals surface area (Å²) < 4.78 is 3.95. The number of aromatic carboxylic acids is 1. The molecule has 0 aliphatic heterocycles. The number of fused-ring (bicyclic) bond motifs is 1. The molecule has 1 N–H and O–H groups in total. The number of hydrogen-bond donors (Lipinski definition) is 1. The molecule has 0 bridgehead atoms. The normalized spacial score (nSPS) is 22.8. The van der Waals surface area contributed by atoms with Crippen LogP contribution in [0.3, 0.4) is 0 Å². The fourth-order valence-corrected chi connectivity index (χ4v) is 5.61. The Labute approximate surface area is 186 Å². The van der Waals surface area contributed by atoms with Gasteiger partial charge in [0.25, 0.3) is 0 Å². The Morgan fingerprint density at radius 1 is 1.03 bits per heavy atom. The molecule has 7 heteroatoms. The van der Waals surface area contributed by atoms with Crippen molar-refractivity contribution in [3.63, 3.8) is 0 Å². The number of rotatable bonds is 5. The van der Waals surface area contributed by atoms with Crippen molar-refractivity contribution in [3.05, 3.63) is 64.7 Å². The van der Waals surface area contributed by atoms with Crippen LogP contribution in [0.2, 0.25) is 0 Å². The monoisotopic (exact) mass is 430 g/mol. The zero-order chi connectivity index (χ0) is 21.8. The summed E-state index contributed by atoms with van der Waals surface area (Å²) in [4.78, 5) is 23.9. The molecule has 2 saturated carbocycles. The van der Waals surface area contributed by atoms with Gasteiger partial charge >= 0.3 is 5.97 Å². The molecule has 1 aromatic carbocycles. The average Bonchev–Trinajstić information content (AvgIpc) is 3.19. The Kier molecular flexibility index (Phi) is 4.52. The third-order valence-electron chi connectivity index (χ3n) is 7.35. The quantitative estimate of drug-likeness (QED) is 0.635. The first kappa shape index (κ1) is 19.5. The van der Waals surface area contributed by atoms with E-state index < -0.39 is 5.97 Å². The maximum atomic E-state index is 12.2. The lowest BCUT2D eigenvalue weighted by molar-refractivity contribution is 0.0695. The maximum Gasteiger partial charge on any atom is 0.339 e.